The van der Waals surface area contributed by atoms with Gasteiger partial charge in [-0.2, -0.15) is 13.2 Å². The van der Waals surface area contributed by atoms with Crippen LogP contribution in [0.15, 0.2) is 18.2 Å². The molecule has 0 spiro atoms. The molecule has 0 saturated carbocycles. The summed E-state index contributed by atoms with van der Waals surface area (Å²) in [5.41, 5.74) is 2.23. The molecule has 0 bridgehead atoms. The Labute approximate surface area is 123 Å². The molecule has 0 amide bonds. The van der Waals surface area contributed by atoms with Crippen LogP contribution in [0.1, 0.15) is 29.9 Å². The lowest BCUT2D eigenvalue weighted by molar-refractivity contribution is -0.153. The fraction of sp³-hybridized carbons (Fsp3) is 0.571. The predicted molar refractivity (Wildman–Crippen MR) is 74.8 cm³/mol. The summed E-state index contributed by atoms with van der Waals surface area (Å²) in [4.78, 5) is 0. The number of alkyl halides is 3. The van der Waals surface area contributed by atoms with Gasteiger partial charge in [0, 0.05) is 0 Å². The second kappa shape index (κ2) is 7.18. The molecule has 20 heavy (non-hydrogen) atoms. The van der Waals surface area contributed by atoms with E-state index in [4.69, 9.17) is 4.74 Å². The van der Waals surface area contributed by atoms with Crippen LogP contribution < -0.4 is 10.1 Å². The van der Waals surface area contributed by atoms with Gasteiger partial charge in [-0.3, -0.25) is 0 Å². The molecule has 0 aromatic heterocycles. The van der Waals surface area contributed by atoms with E-state index in [1.807, 2.05) is 13.0 Å². The number of rotatable bonds is 3. The molecule has 1 aromatic carbocycles. The monoisotopic (exact) mass is 309 g/mol. The first kappa shape index (κ1) is 17.1. The summed E-state index contributed by atoms with van der Waals surface area (Å²) in [6.45, 7) is 2.68. The van der Waals surface area contributed by atoms with Crippen molar-refractivity contribution in [2.45, 2.75) is 31.9 Å². The Morgan fingerprint density at radius 2 is 1.90 bits per heavy atom. The lowest BCUT2D eigenvalue weighted by Gasteiger charge is -2.24. The van der Waals surface area contributed by atoms with E-state index < -0.39 is 12.8 Å². The van der Waals surface area contributed by atoms with E-state index in [2.05, 4.69) is 5.32 Å². The molecule has 0 radical (unpaired) electrons. The van der Waals surface area contributed by atoms with E-state index in [9.17, 15) is 13.2 Å². The van der Waals surface area contributed by atoms with Crippen LogP contribution in [-0.2, 0) is 0 Å². The van der Waals surface area contributed by atoms with Crippen LogP contribution in [0.4, 0.5) is 13.2 Å². The summed E-state index contributed by atoms with van der Waals surface area (Å²) < 4.78 is 41.0. The predicted octanol–water partition coefficient (Wildman–Crippen LogP) is 3.82. The van der Waals surface area contributed by atoms with Gasteiger partial charge < -0.3 is 10.1 Å². The molecule has 0 aliphatic carbocycles. The molecule has 1 saturated heterocycles. The average molecular weight is 310 g/mol. The van der Waals surface area contributed by atoms with Gasteiger partial charge in [0.05, 0.1) is 0 Å². The van der Waals surface area contributed by atoms with E-state index in [1.54, 1.807) is 12.1 Å². The fourth-order valence-corrected chi connectivity index (χ4v) is 2.49. The first-order valence-corrected chi connectivity index (χ1v) is 6.46. The SMILES string of the molecule is Cc1cc(OCC(F)(F)F)ccc1C1CCNCC1.Cl. The standard InChI is InChI=1S/C14H18F3NO.ClH/c1-10-8-12(19-9-14(15,16)17)2-3-13(10)11-4-6-18-7-5-11;/h2-3,8,11,18H,4-7,9H2,1H3;1H. The smallest absolute Gasteiger partial charge is 0.422 e. The first-order chi connectivity index (χ1) is 8.96. The van der Waals surface area contributed by atoms with Gasteiger partial charge in [0.15, 0.2) is 6.61 Å². The van der Waals surface area contributed by atoms with Gasteiger partial charge in [-0.25, -0.2) is 0 Å². The van der Waals surface area contributed by atoms with E-state index in [0.717, 1.165) is 31.5 Å². The summed E-state index contributed by atoms with van der Waals surface area (Å²) in [6, 6.07) is 5.23. The molecule has 1 heterocycles. The quantitative estimate of drug-likeness (QED) is 0.916. The number of piperidine rings is 1. The molecular weight excluding hydrogens is 291 g/mol. The third-order valence-corrected chi connectivity index (χ3v) is 3.42. The number of hydrogen-bond donors (Lipinski definition) is 1. The molecule has 1 aliphatic heterocycles. The Hall–Kier alpha value is -0.940. The van der Waals surface area contributed by atoms with Crippen molar-refractivity contribution in [2.75, 3.05) is 19.7 Å². The average Bonchev–Trinajstić information content (AvgIpc) is 2.37. The second-order valence-electron chi connectivity index (χ2n) is 4.95. The molecular formula is C14H19ClF3NO. The topological polar surface area (TPSA) is 21.3 Å². The van der Waals surface area contributed by atoms with Gasteiger partial charge in [-0.15, -0.1) is 12.4 Å². The summed E-state index contributed by atoms with van der Waals surface area (Å²) >= 11 is 0. The minimum Gasteiger partial charge on any atom is -0.484 e. The maximum absolute atomic E-state index is 12.1. The lowest BCUT2D eigenvalue weighted by atomic mass is 9.87. The molecule has 1 aliphatic rings. The van der Waals surface area contributed by atoms with Crippen molar-refractivity contribution < 1.29 is 17.9 Å². The number of hydrogen-bond acceptors (Lipinski definition) is 2. The summed E-state index contributed by atoms with van der Waals surface area (Å²) in [5, 5.41) is 3.30. The number of ether oxygens (including phenoxy) is 1. The van der Waals surface area contributed by atoms with Crippen molar-refractivity contribution in [3.8, 4) is 5.75 Å². The first-order valence-electron chi connectivity index (χ1n) is 6.46. The number of aryl methyl sites for hydroxylation is 1. The van der Waals surface area contributed by atoms with Crippen molar-refractivity contribution >= 4 is 12.4 Å². The van der Waals surface area contributed by atoms with Crippen molar-refractivity contribution in [1.82, 2.24) is 5.32 Å². The van der Waals surface area contributed by atoms with Gasteiger partial charge >= 0.3 is 6.18 Å². The summed E-state index contributed by atoms with van der Waals surface area (Å²) in [7, 11) is 0. The van der Waals surface area contributed by atoms with Crippen molar-refractivity contribution in [2.24, 2.45) is 0 Å². The molecule has 0 unspecified atom stereocenters. The largest absolute Gasteiger partial charge is 0.484 e. The van der Waals surface area contributed by atoms with E-state index in [1.165, 1.54) is 5.56 Å². The minimum atomic E-state index is -4.29. The highest BCUT2D eigenvalue weighted by Gasteiger charge is 2.28. The third kappa shape index (κ3) is 4.87. The number of halogens is 4. The zero-order chi connectivity index (χ0) is 13.9. The van der Waals surface area contributed by atoms with Crippen LogP contribution in [-0.4, -0.2) is 25.9 Å². The van der Waals surface area contributed by atoms with E-state index >= 15 is 0 Å². The maximum atomic E-state index is 12.1. The van der Waals surface area contributed by atoms with Gasteiger partial charge in [0.25, 0.3) is 0 Å². The van der Waals surface area contributed by atoms with E-state index in [-0.39, 0.29) is 18.2 Å². The van der Waals surface area contributed by atoms with Gasteiger partial charge in [-0.1, -0.05) is 6.07 Å². The maximum Gasteiger partial charge on any atom is 0.422 e. The Balaban J connectivity index is 0.00000200. The minimum absolute atomic E-state index is 0. The van der Waals surface area contributed by atoms with Crippen LogP contribution in [0, 0.1) is 6.92 Å². The molecule has 2 rings (SSSR count). The van der Waals surface area contributed by atoms with E-state index in [0.29, 0.717) is 5.92 Å². The third-order valence-electron chi connectivity index (χ3n) is 3.42. The van der Waals surface area contributed by atoms with Crippen molar-refractivity contribution in [3.63, 3.8) is 0 Å². The molecule has 0 atom stereocenters. The Bertz CT molecular complexity index is 431. The van der Waals surface area contributed by atoms with Crippen LogP contribution >= 0.6 is 12.4 Å². The van der Waals surface area contributed by atoms with Gasteiger partial charge in [0.2, 0.25) is 0 Å². The molecule has 2 nitrogen and oxygen atoms in total. The van der Waals surface area contributed by atoms with Gasteiger partial charge in [-0.05, 0) is 62.0 Å². The normalized spacial score (nSPS) is 16.6. The molecule has 1 aromatic rings. The molecule has 6 heteroatoms. The second-order valence-corrected chi connectivity index (χ2v) is 4.95. The zero-order valence-corrected chi connectivity index (χ0v) is 12.1. The summed E-state index contributed by atoms with van der Waals surface area (Å²) in [6.07, 6.45) is -2.14. The van der Waals surface area contributed by atoms with Crippen LogP contribution in [0.3, 0.4) is 0 Å². The molecule has 114 valence electrons. The van der Waals surface area contributed by atoms with Crippen molar-refractivity contribution in [1.29, 1.82) is 0 Å². The molecule has 1 fully saturated rings. The lowest BCUT2D eigenvalue weighted by Crippen LogP contribution is -2.27. The Morgan fingerprint density at radius 1 is 1.25 bits per heavy atom. The van der Waals surface area contributed by atoms with Crippen LogP contribution in [0.5, 0.6) is 5.75 Å². The molecule has 1 N–H and O–H groups in total. The summed E-state index contributed by atoms with van der Waals surface area (Å²) in [5.74, 6) is 0.783. The Kier molecular flexibility index (Phi) is 6.14. The van der Waals surface area contributed by atoms with Gasteiger partial charge in [0.1, 0.15) is 5.75 Å². The highest BCUT2D eigenvalue weighted by molar-refractivity contribution is 5.85. The van der Waals surface area contributed by atoms with Crippen LogP contribution in [0.25, 0.3) is 0 Å². The van der Waals surface area contributed by atoms with Crippen molar-refractivity contribution in [3.05, 3.63) is 29.3 Å². The highest BCUT2D eigenvalue weighted by atomic mass is 35.5. The highest BCUT2D eigenvalue weighted by Crippen LogP contribution is 2.30. The number of benzene rings is 1. The Morgan fingerprint density at radius 3 is 2.45 bits per heavy atom. The fourth-order valence-electron chi connectivity index (χ4n) is 2.49. The zero-order valence-electron chi connectivity index (χ0n) is 11.3. The van der Waals surface area contributed by atoms with Crippen LogP contribution in [0.2, 0.25) is 0 Å². The number of nitrogens with one attached hydrogen (secondary N) is 1.